The van der Waals surface area contributed by atoms with Crippen molar-refractivity contribution in [1.82, 2.24) is 0 Å². The van der Waals surface area contributed by atoms with Crippen LogP contribution in [0.2, 0.25) is 0 Å². The Balaban J connectivity index is 1.98. The molecule has 0 aliphatic heterocycles. The molecule has 2 rings (SSSR count). The Morgan fingerprint density at radius 3 is 2.37 bits per heavy atom. The van der Waals surface area contributed by atoms with Crippen LogP contribution in [0, 0.1) is 19.7 Å². The average Bonchev–Trinajstić information content (AvgIpc) is 2.41. The van der Waals surface area contributed by atoms with Gasteiger partial charge in [-0.15, -0.1) is 11.8 Å². The van der Waals surface area contributed by atoms with Crippen molar-refractivity contribution >= 4 is 11.8 Å². The topological polar surface area (TPSA) is 20.2 Å². The number of rotatable bonds is 4. The third kappa shape index (κ3) is 3.82. The number of benzene rings is 2. The van der Waals surface area contributed by atoms with Crippen LogP contribution in [0.3, 0.4) is 0 Å². The van der Waals surface area contributed by atoms with Crippen molar-refractivity contribution in [1.29, 1.82) is 0 Å². The third-order valence-electron chi connectivity index (χ3n) is 3.14. The van der Waals surface area contributed by atoms with Crippen LogP contribution in [0.15, 0.2) is 47.4 Å². The molecule has 0 saturated heterocycles. The molecule has 2 aromatic carbocycles. The van der Waals surface area contributed by atoms with Crippen LogP contribution in [-0.2, 0) is 0 Å². The van der Waals surface area contributed by atoms with Crippen molar-refractivity contribution in [3.8, 4) is 0 Å². The maximum Gasteiger partial charge on any atom is 0.123 e. The number of hydrogen-bond acceptors (Lipinski definition) is 2. The zero-order valence-electron chi connectivity index (χ0n) is 11.1. The average molecular weight is 276 g/mol. The summed E-state index contributed by atoms with van der Waals surface area (Å²) in [4.78, 5) is 0.962. The van der Waals surface area contributed by atoms with Gasteiger partial charge in [-0.3, -0.25) is 0 Å². The van der Waals surface area contributed by atoms with Gasteiger partial charge in [0.25, 0.3) is 0 Å². The Labute approximate surface area is 117 Å². The van der Waals surface area contributed by atoms with Crippen molar-refractivity contribution in [3.05, 3.63) is 65.0 Å². The fraction of sp³-hybridized carbons (Fsp3) is 0.250. The normalized spacial score (nSPS) is 12.4. The Morgan fingerprint density at radius 1 is 1.05 bits per heavy atom. The van der Waals surface area contributed by atoms with Crippen molar-refractivity contribution in [3.63, 3.8) is 0 Å². The molecule has 0 aromatic heterocycles. The van der Waals surface area contributed by atoms with Gasteiger partial charge in [-0.2, -0.15) is 0 Å². The van der Waals surface area contributed by atoms with Crippen LogP contribution < -0.4 is 0 Å². The standard InChI is InChI=1S/C16H17FOS/c1-11-3-4-13(9-12(11)2)16(18)10-19-15-7-5-14(17)6-8-15/h3-9,16,18H,10H2,1-2H3. The summed E-state index contributed by atoms with van der Waals surface area (Å²) in [7, 11) is 0. The molecule has 19 heavy (non-hydrogen) atoms. The fourth-order valence-corrected chi connectivity index (χ4v) is 2.65. The van der Waals surface area contributed by atoms with Gasteiger partial charge in [-0.25, -0.2) is 4.39 Å². The van der Waals surface area contributed by atoms with Crippen LogP contribution in [0.25, 0.3) is 0 Å². The van der Waals surface area contributed by atoms with Gasteiger partial charge in [-0.1, -0.05) is 18.2 Å². The smallest absolute Gasteiger partial charge is 0.123 e. The summed E-state index contributed by atoms with van der Waals surface area (Å²) in [6, 6.07) is 12.3. The zero-order valence-corrected chi connectivity index (χ0v) is 11.9. The molecule has 1 nitrogen and oxygen atoms in total. The van der Waals surface area contributed by atoms with Gasteiger partial charge in [-0.05, 0) is 54.8 Å². The maximum absolute atomic E-state index is 12.8. The molecule has 1 unspecified atom stereocenters. The van der Waals surface area contributed by atoms with Gasteiger partial charge in [0, 0.05) is 10.6 Å². The monoisotopic (exact) mass is 276 g/mol. The van der Waals surface area contributed by atoms with Gasteiger partial charge < -0.3 is 5.11 Å². The van der Waals surface area contributed by atoms with Crippen LogP contribution in [-0.4, -0.2) is 10.9 Å². The van der Waals surface area contributed by atoms with E-state index in [0.29, 0.717) is 5.75 Å². The van der Waals surface area contributed by atoms with E-state index in [-0.39, 0.29) is 5.82 Å². The summed E-state index contributed by atoms with van der Waals surface area (Å²) in [6.45, 7) is 4.09. The second-order valence-corrected chi connectivity index (χ2v) is 5.72. The number of thioether (sulfide) groups is 1. The highest BCUT2D eigenvalue weighted by atomic mass is 32.2. The molecule has 1 atom stereocenters. The second kappa shape index (κ2) is 6.22. The fourth-order valence-electron chi connectivity index (χ4n) is 1.77. The summed E-state index contributed by atoms with van der Waals surface area (Å²) in [5.41, 5.74) is 3.34. The summed E-state index contributed by atoms with van der Waals surface area (Å²) >= 11 is 1.53. The number of aliphatic hydroxyl groups is 1. The highest BCUT2D eigenvalue weighted by molar-refractivity contribution is 7.99. The molecule has 100 valence electrons. The van der Waals surface area contributed by atoms with E-state index >= 15 is 0 Å². The van der Waals surface area contributed by atoms with E-state index in [1.807, 2.05) is 25.1 Å². The maximum atomic E-state index is 12.8. The van der Waals surface area contributed by atoms with Gasteiger partial charge >= 0.3 is 0 Å². The Kier molecular flexibility index (Phi) is 4.61. The zero-order chi connectivity index (χ0) is 13.8. The molecule has 0 radical (unpaired) electrons. The highest BCUT2D eigenvalue weighted by Crippen LogP contribution is 2.25. The molecule has 0 amide bonds. The van der Waals surface area contributed by atoms with Crippen molar-refractivity contribution in [2.24, 2.45) is 0 Å². The van der Waals surface area contributed by atoms with Gasteiger partial charge in [0.15, 0.2) is 0 Å². The molecule has 0 spiro atoms. The minimum absolute atomic E-state index is 0.237. The quantitative estimate of drug-likeness (QED) is 0.842. The van der Waals surface area contributed by atoms with Crippen molar-refractivity contribution < 1.29 is 9.50 Å². The Hall–Kier alpha value is -1.32. The van der Waals surface area contributed by atoms with Crippen LogP contribution >= 0.6 is 11.8 Å². The van der Waals surface area contributed by atoms with Crippen LogP contribution in [0.5, 0.6) is 0 Å². The lowest BCUT2D eigenvalue weighted by Gasteiger charge is -2.12. The lowest BCUT2D eigenvalue weighted by molar-refractivity contribution is 0.204. The molecule has 0 bridgehead atoms. The van der Waals surface area contributed by atoms with Gasteiger partial charge in [0.1, 0.15) is 5.82 Å². The molecule has 0 aliphatic rings. The largest absolute Gasteiger partial charge is 0.388 e. The number of halogens is 1. The van der Waals surface area contributed by atoms with Crippen molar-refractivity contribution in [2.45, 2.75) is 24.8 Å². The molecule has 0 aliphatic carbocycles. The van der Waals surface area contributed by atoms with Crippen molar-refractivity contribution in [2.75, 3.05) is 5.75 Å². The Morgan fingerprint density at radius 2 is 1.74 bits per heavy atom. The molecule has 3 heteroatoms. The van der Waals surface area contributed by atoms with E-state index in [9.17, 15) is 9.50 Å². The van der Waals surface area contributed by atoms with E-state index in [1.165, 1.54) is 35.0 Å². The van der Waals surface area contributed by atoms with E-state index in [4.69, 9.17) is 0 Å². The molecule has 1 N–H and O–H groups in total. The van der Waals surface area contributed by atoms with Gasteiger partial charge in [0.2, 0.25) is 0 Å². The molecule has 0 fully saturated rings. The van der Waals surface area contributed by atoms with E-state index in [2.05, 4.69) is 6.92 Å². The molecule has 0 saturated carbocycles. The van der Waals surface area contributed by atoms with E-state index < -0.39 is 6.10 Å². The van der Waals surface area contributed by atoms with Crippen LogP contribution in [0.1, 0.15) is 22.8 Å². The number of aliphatic hydroxyl groups excluding tert-OH is 1. The molecular formula is C16H17FOS. The summed E-state index contributed by atoms with van der Waals surface area (Å²) in [6.07, 6.45) is -0.505. The van der Waals surface area contributed by atoms with E-state index in [0.717, 1.165) is 10.5 Å². The third-order valence-corrected chi connectivity index (χ3v) is 4.23. The number of hydrogen-bond donors (Lipinski definition) is 1. The SMILES string of the molecule is Cc1ccc(C(O)CSc2ccc(F)cc2)cc1C. The first kappa shape index (κ1) is 14.1. The predicted molar refractivity (Wildman–Crippen MR) is 78.0 cm³/mol. The highest BCUT2D eigenvalue weighted by Gasteiger charge is 2.09. The lowest BCUT2D eigenvalue weighted by Crippen LogP contribution is -2.01. The number of aryl methyl sites for hydroxylation is 2. The van der Waals surface area contributed by atoms with Gasteiger partial charge in [0.05, 0.1) is 6.10 Å². The Bertz CT molecular complexity index is 551. The minimum Gasteiger partial charge on any atom is -0.388 e. The molecule has 2 aromatic rings. The summed E-state index contributed by atoms with van der Waals surface area (Å²) in [5.74, 6) is 0.327. The minimum atomic E-state index is -0.505. The molecule has 0 heterocycles. The first-order valence-corrected chi connectivity index (χ1v) is 7.18. The first-order valence-electron chi connectivity index (χ1n) is 6.20. The molecular weight excluding hydrogens is 259 g/mol. The van der Waals surface area contributed by atoms with E-state index in [1.54, 1.807) is 12.1 Å². The summed E-state index contributed by atoms with van der Waals surface area (Å²) < 4.78 is 12.8. The lowest BCUT2D eigenvalue weighted by atomic mass is 10.0. The predicted octanol–water partition coefficient (Wildman–Crippen LogP) is 4.27. The first-order chi connectivity index (χ1) is 9.06. The van der Waals surface area contributed by atoms with Crippen LogP contribution in [0.4, 0.5) is 4.39 Å². The second-order valence-electron chi connectivity index (χ2n) is 4.62. The summed E-state index contributed by atoms with van der Waals surface area (Å²) in [5, 5.41) is 10.2.